The van der Waals surface area contributed by atoms with E-state index in [9.17, 15) is 24.6 Å². The van der Waals surface area contributed by atoms with Gasteiger partial charge in [0, 0.05) is 43.1 Å². The van der Waals surface area contributed by atoms with Crippen LogP contribution in [0.25, 0.3) is 0 Å². The Bertz CT molecular complexity index is 1310. The van der Waals surface area contributed by atoms with Crippen molar-refractivity contribution in [1.29, 1.82) is 0 Å². The summed E-state index contributed by atoms with van der Waals surface area (Å²) in [6.45, 7) is 3.31. The van der Waals surface area contributed by atoms with Crippen LogP contribution in [0.1, 0.15) is 50.2 Å². The lowest BCUT2D eigenvalue weighted by atomic mass is 9.83. The summed E-state index contributed by atoms with van der Waals surface area (Å²) in [5, 5.41) is 21.5. The predicted octanol–water partition coefficient (Wildman–Crippen LogP) is 3.12. The maximum atomic E-state index is 13.9. The number of methoxy groups -OCH3 is 1. The van der Waals surface area contributed by atoms with Crippen LogP contribution >= 0.6 is 0 Å². The van der Waals surface area contributed by atoms with E-state index in [2.05, 4.69) is 0 Å². The number of rotatable bonds is 9. The molecule has 9 nitrogen and oxygen atoms in total. The van der Waals surface area contributed by atoms with E-state index in [4.69, 9.17) is 4.74 Å². The number of hydrogen-bond donors (Lipinski definition) is 2. The van der Waals surface area contributed by atoms with Gasteiger partial charge in [-0.3, -0.25) is 14.4 Å². The van der Waals surface area contributed by atoms with E-state index in [1.807, 2.05) is 24.3 Å². The minimum Gasteiger partial charge on any atom is -0.497 e. The minimum absolute atomic E-state index is 0.0479. The highest BCUT2D eigenvalue weighted by Crippen LogP contribution is 2.47. The zero-order valence-electron chi connectivity index (χ0n) is 23.1. The third-order valence-electron chi connectivity index (χ3n) is 8.42. The zero-order valence-corrected chi connectivity index (χ0v) is 23.1. The van der Waals surface area contributed by atoms with Crippen LogP contribution in [0, 0.1) is 5.92 Å². The molecule has 0 spiro atoms. The number of amides is 3. The summed E-state index contributed by atoms with van der Waals surface area (Å²) in [7, 11) is 1.54. The van der Waals surface area contributed by atoms with Gasteiger partial charge in [0.2, 0.25) is 11.8 Å². The number of fused-ring (bicyclic) bond motifs is 1. The highest BCUT2D eigenvalue weighted by atomic mass is 16.5. The highest BCUT2D eigenvalue weighted by Gasteiger charge is 2.52. The second-order valence-corrected chi connectivity index (χ2v) is 10.8. The molecule has 3 heterocycles. The van der Waals surface area contributed by atoms with Crippen LogP contribution in [0.2, 0.25) is 0 Å². The molecule has 2 aromatic rings. The van der Waals surface area contributed by atoms with Crippen molar-refractivity contribution in [2.45, 2.75) is 57.2 Å². The number of likely N-dealkylation sites (tertiary alicyclic amines) is 1. The van der Waals surface area contributed by atoms with Crippen molar-refractivity contribution in [3.05, 3.63) is 65.7 Å². The lowest BCUT2D eigenvalue weighted by Crippen LogP contribution is -2.44. The van der Waals surface area contributed by atoms with Crippen molar-refractivity contribution in [3.8, 4) is 5.75 Å². The molecule has 2 saturated heterocycles. The van der Waals surface area contributed by atoms with Crippen LogP contribution in [0.5, 0.6) is 5.75 Å². The normalized spacial score (nSPS) is 23.4. The molecule has 3 aliphatic heterocycles. The van der Waals surface area contributed by atoms with Crippen molar-refractivity contribution in [2.75, 3.05) is 36.6 Å². The van der Waals surface area contributed by atoms with Crippen molar-refractivity contribution in [3.63, 3.8) is 0 Å². The van der Waals surface area contributed by atoms with E-state index in [1.54, 1.807) is 52.0 Å². The summed E-state index contributed by atoms with van der Waals surface area (Å²) in [6, 6.07) is 12.7. The van der Waals surface area contributed by atoms with Crippen molar-refractivity contribution >= 4 is 29.1 Å². The molecule has 0 bridgehead atoms. The fraction of sp³-hybridized carbons (Fsp3) is 0.452. The van der Waals surface area contributed by atoms with Gasteiger partial charge in [-0.2, -0.15) is 0 Å². The Morgan fingerprint density at radius 2 is 1.93 bits per heavy atom. The number of ether oxygens (including phenoxy) is 1. The number of nitrogens with zero attached hydrogens (tertiary/aromatic N) is 3. The molecule has 2 aromatic carbocycles. The van der Waals surface area contributed by atoms with Crippen molar-refractivity contribution in [2.24, 2.45) is 5.92 Å². The van der Waals surface area contributed by atoms with Crippen LogP contribution in [-0.4, -0.2) is 65.7 Å². The largest absolute Gasteiger partial charge is 0.497 e. The van der Waals surface area contributed by atoms with Crippen LogP contribution < -0.4 is 14.5 Å². The van der Waals surface area contributed by atoms with E-state index in [1.165, 1.54) is 7.11 Å². The molecule has 3 atom stereocenters. The standard InChI is InChI=1S/C31H37N3O6/c1-21(6-3-8-28(36)33-16-4-7-24(33)20-35)31(39)26-18-25(40-2)14-15-27(26)34(30(31)38)19-22-10-12-23(13-11-22)32-17-5-9-29(32)37/h3,6,10-15,18,21,24,35,39H,4-5,7-9,16-17,19-20H2,1-2H3/b6-3+/t21-,24-,31+/m0/s1. The Morgan fingerprint density at radius 3 is 2.60 bits per heavy atom. The van der Waals surface area contributed by atoms with E-state index in [0.29, 0.717) is 36.5 Å². The molecule has 2 N–H and O–H groups in total. The quantitative estimate of drug-likeness (QED) is 0.467. The molecule has 0 aromatic heterocycles. The van der Waals surface area contributed by atoms with Gasteiger partial charge in [0.05, 0.1) is 32.0 Å². The van der Waals surface area contributed by atoms with Gasteiger partial charge >= 0.3 is 0 Å². The number of carbonyl (C=O) groups excluding carboxylic acids is 3. The number of benzene rings is 2. The molecule has 0 saturated carbocycles. The second-order valence-electron chi connectivity index (χ2n) is 10.8. The average Bonchev–Trinajstić information content (AvgIpc) is 3.68. The van der Waals surface area contributed by atoms with Crippen molar-refractivity contribution < 1.29 is 29.3 Å². The third-order valence-corrected chi connectivity index (χ3v) is 8.42. The fourth-order valence-electron chi connectivity index (χ4n) is 6.08. The Kier molecular flexibility index (Phi) is 7.96. The van der Waals surface area contributed by atoms with Gasteiger partial charge in [0.1, 0.15) is 5.75 Å². The van der Waals surface area contributed by atoms with Gasteiger partial charge in [0.15, 0.2) is 5.60 Å². The summed E-state index contributed by atoms with van der Waals surface area (Å²) >= 11 is 0. The number of carbonyl (C=O) groups is 3. The summed E-state index contributed by atoms with van der Waals surface area (Å²) in [6.07, 6.45) is 6.63. The smallest absolute Gasteiger partial charge is 0.264 e. The monoisotopic (exact) mass is 547 g/mol. The molecule has 0 aliphatic carbocycles. The topological polar surface area (TPSA) is 111 Å². The highest BCUT2D eigenvalue weighted by molar-refractivity contribution is 6.07. The third kappa shape index (κ3) is 4.99. The van der Waals surface area contributed by atoms with Crippen LogP contribution in [0.15, 0.2) is 54.6 Å². The van der Waals surface area contributed by atoms with E-state index in [-0.39, 0.29) is 37.4 Å². The lowest BCUT2D eigenvalue weighted by Gasteiger charge is -2.28. The number of anilines is 2. The first-order valence-electron chi connectivity index (χ1n) is 14.0. The molecule has 0 radical (unpaired) electrons. The van der Waals surface area contributed by atoms with Gasteiger partial charge in [0.25, 0.3) is 5.91 Å². The molecule has 9 heteroatoms. The number of hydrogen-bond acceptors (Lipinski definition) is 6. The average molecular weight is 548 g/mol. The van der Waals surface area contributed by atoms with Gasteiger partial charge in [-0.1, -0.05) is 31.2 Å². The Labute approximate surface area is 234 Å². The minimum atomic E-state index is -1.84. The van der Waals surface area contributed by atoms with Crippen LogP contribution in [0.3, 0.4) is 0 Å². The van der Waals surface area contributed by atoms with Gasteiger partial charge in [-0.15, -0.1) is 0 Å². The Hall–Kier alpha value is -3.69. The van der Waals surface area contributed by atoms with Gasteiger partial charge < -0.3 is 29.6 Å². The first kappa shape index (κ1) is 27.9. The van der Waals surface area contributed by atoms with Crippen LogP contribution in [-0.2, 0) is 26.5 Å². The number of aliphatic hydroxyl groups excluding tert-OH is 1. The zero-order chi connectivity index (χ0) is 28.4. The molecule has 40 heavy (non-hydrogen) atoms. The Morgan fingerprint density at radius 1 is 1.15 bits per heavy atom. The second kappa shape index (κ2) is 11.4. The first-order chi connectivity index (χ1) is 19.3. The van der Waals surface area contributed by atoms with Crippen molar-refractivity contribution in [1.82, 2.24) is 4.90 Å². The fourth-order valence-corrected chi connectivity index (χ4v) is 6.08. The maximum Gasteiger partial charge on any atom is 0.264 e. The van der Waals surface area contributed by atoms with Gasteiger partial charge in [-0.05, 0) is 55.2 Å². The molecule has 2 fully saturated rings. The summed E-state index contributed by atoms with van der Waals surface area (Å²) in [5.41, 5.74) is 0.929. The SMILES string of the molecule is COc1ccc2c(c1)[C@](O)([C@@H](C)/C=C/CC(=O)N1CCC[C@H]1CO)C(=O)N2Cc1ccc(N2CCCC2=O)cc1. The molecule has 0 unspecified atom stereocenters. The van der Waals surface area contributed by atoms with E-state index in [0.717, 1.165) is 30.5 Å². The summed E-state index contributed by atoms with van der Waals surface area (Å²) in [4.78, 5) is 43.8. The lowest BCUT2D eigenvalue weighted by molar-refractivity contribution is -0.139. The Balaban J connectivity index is 1.36. The number of aliphatic hydroxyl groups is 2. The van der Waals surface area contributed by atoms with Crippen LogP contribution in [0.4, 0.5) is 11.4 Å². The molecular formula is C31H37N3O6. The molecular weight excluding hydrogens is 510 g/mol. The molecule has 212 valence electrons. The predicted molar refractivity (Wildman–Crippen MR) is 151 cm³/mol. The molecule has 3 amide bonds. The molecule has 5 rings (SSSR count). The first-order valence-corrected chi connectivity index (χ1v) is 14.0. The van der Waals surface area contributed by atoms with E-state index >= 15 is 0 Å². The maximum absolute atomic E-state index is 13.9. The summed E-state index contributed by atoms with van der Waals surface area (Å²) in [5.74, 6) is -0.500. The van der Waals surface area contributed by atoms with Gasteiger partial charge in [-0.25, -0.2) is 0 Å². The van der Waals surface area contributed by atoms with E-state index < -0.39 is 17.4 Å². The summed E-state index contributed by atoms with van der Waals surface area (Å²) < 4.78 is 5.40. The molecule has 3 aliphatic rings.